The summed E-state index contributed by atoms with van der Waals surface area (Å²) in [5.41, 5.74) is 0.203. The first-order chi connectivity index (χ1) is 11.8. The van der Waals surface area contributed by atoms with E-state index in [1.807, 2.05) is 12.1 Å². The van der Waals surface area contributed by atoms with E-state index in [0.29, 0.717) is 16.6 Å². The zero-order valence-corrected chi connectivity index (χ0v) is 14.5. The van der Waals surface area contributed by atoms with Crippen LogP contribution in [0, 0.1) is 5.92 Å². The predicted molar refractivity (Wildman–Crippen MR) is 91.1 cm³/mol. The quantitative estimate of drug-likeness (QED) is 0.820. The molecule has 0 radical (unpaired) electrons. The van der Waals surface area contributed by atoms with Crippen LogP contribution in [0.25, 0.3) is 0 Å². The van der Waals surface area contributed by atoms with Crippen molar-refractivity contribution >= 4 is 29.2 Å². The summed E-state index contributed by atoms with van der Waals surface area (Å²) in [5.74, 6) is 0.618. The second-order valence-corrected chi connectivity index (χ2v) is 6.69. The maximum atomic E-state index is 12.5. The summed E-state index contributed by atoms with van der Waals surface area (Å²) in [6, 6.07) is 5.55. The van der Waals surface area contributed by atoms with Gasteiger partial charge in [0.25, 0.3) is 0 Å². The van der Waals surface area contributed by atoms with E-state index in [9.17, 15) is 13.2 Å². The Morgan fingerprint density at radius 1 is 1.12 bits per heavy atom. The van der Waals surface area contributed by atoms with Crippen molar-refractivity contribution in [2.75, 3.05) is 25.0 Å². The van der Waals surface area contributed by atoms with E-state index in [1.165, 1.54) is 0 Å². The van der Waals surface area contributed by atoms with Crippen LogP contribution in [0.1, 0.15) is 17.0 Å². The van der Waals surface area contributed by atoms with Gasteiger partial charge in [0.1, 0.15) is 0 Å². The van der Waals surface area contributed by atoms with Crippen molar-refractivity contribution in [1.29, 1.82) is 0 Å². The smallest absolute Gasteiger partial charge is 0.354 e. The molecule has 25 heavy (non-hydrogen) atoms. The van der Waals surface area contributed by atoms with Gasteiger partial charge in [-0.15, -0.1) is 0 Å². The van der Waals surface area contributed by atoms with Crippen LogP contribution >= 0.6 is 23.2 Å². The first-order valence-corrected chi connectivity index (χ1v) is 8.39. The van der Waals surface area contributed by atoms with Gasteiger partial charge in [0.2, 0.25) is 5.95 Å². The van der Waals surface area contributed by atoms with Crippen molar-refractivity contribution in [2.24, 2.45) is 5.92 Å². The molecule has 1 aromatic heterocycles. The minimum atomic E-state index is -4.44. The lowest BCUT2D eigenvalue weighted by Gasteiger charge is -2.20. The molecule has 0 saturated carbocycles. The molecule has 1 saturated heterocycles. The molecular weight excluding hydrogens is 376 g/mol. The van der Waals surface area contributed by atoms with E-state index in [-0.39, 0.29) is 17.8 Å². The maximum absolute atomic E-state index is 12.5. The first-order valence-electron chi connectivity index (χ1n) is 7.63. The molecule has 0 aliphatic carbocycles. The van der Waals surface area contributed by atoms with Crippen LogP contribution in [-0.2, 0) is 6.18 Å². The standard InChI is InChI=1S/C16H15Cl2F3N4/c17-13-2-1-9(3-14(13)18)12-8-22-4-10(12)5-23-15-24-6-11(7-25-15)16(19,20)21/h1-3,6-7,10,12,22H,4-5,8H2,(H,23,24,25)/t10-,12+/m0/s1. The van der Waals surface area contributed by atoms with E-state index >= 15 is 0 Å². The summed E-state index contributed by atoms with van der Waals surface area (Å²) in [5, 5.41) is 7.32. The summed E-state index contributed by atoms with van der Waals surface area (Å²) < 4.78 is 37.6. The monoisotopic (exact) mass is 390 g/mol. The maximum Gasteiger partial charge on any atom is 0.419 e. The van der Waals surface area contributed by atoms with Crippen molar-refractivity contribution in [1.82, 2.24) is 15.3 Å². The first kappa shape index (κ1) is 18.2. The fourth-order valence-electron chi connectivity index (χ4n) is 2.87. The van der Waals surface area contributed by atoms with Crippen LogP contribution in [0.4, 0.5) is 19.1 Å². The molecule has 134 valence electrons. The van der Waals surface area contributed by atoms with Crippen molar-refractivity contribution in [3.05, 3.63) is 51.8 Å². The highest BCUT2D eigenvalue weighted by molar-refractivity contribution is 6.42. The molecule has 0 unspecified atom stereocenters. The third-order valence-electron chi connectivity index (χ3n) is 4.21. The lowest BCUT2D eigenvalue weighted by Crippen LogP contribution is -2.22. The molecule has 2 heterocycles. The molecule has 1 aliphatic heterocycles. The highest BCUT2D eigenvalue weighted by Gasteiger charge is 2.32. The second-order valence-electron chi connectivity index (χ2n) is 5.87. The molecule has 9 heteroatoms. The molecule has 0 amide bonds. The Bertz CT molecular complexity index is 737. The largest absolute Gasteiger partial charge is 0.419 e. The van der Waals surface area contributed by atoms with E-state index in [4.69, 9.17) is 23.2 Å². The molecule has 2 N–H and O–H groups in total. The summed E-state index contributed by atoms with van der Waals surface area (Å²) in [4.78, 5) is 7.46. The second kappa shape index (κ2) is 7.35. The van der Waals surface area contributed by atoms with E-state index < -0.39 is 11.7 Å². The number of hydrogen-bond donors (Lipinski definition) is 2. The number of anilines is 1. The Balaban J connectivity index is 1.65. The lowest BCUT2D eigenvalue weighted by molar-refractivity contribution is -0.138. The average Bonchev–Trinajstić information content (AvgIpc) is 3.03. The van der Waals surface area contributed by atoms with Gasteiger partial charge in [0, 0.05) is 37.9 Å². The van der Waals surface area contributed by atoms with Crippen molar-refractivity contribution in [2.45, 2.75) is 12.1 Å². The highest BCUT2D eigenvalue weighted by atomic mass is 35.5. The summed E-state index contributed by atoms with van der Waals surface area (Å²) in [7, 11) is 0. The molecule has 0 spiro atoms. The van der Waals surface area contributed by atoms with Gasteiger partial charge >= 0.3 is 6.18 Å². The van der Waals surface area contributed by atoms with Crippen LogP contribution in [0.3, 0.4) is 0 Å². The third-order valence-corrected chi connectivity index (χ3v) is 4.95. The van der Waals surface area contributed by atoms with Crippen molar-refractivity contribution < 1.29 is 13.2 Å². The Morgan fingerprint density at radius 3 is 2.48 bits per heavy atom. The van der Waals surface area contributed by atoms with Crippen molar-refractivity contribution in [3.63, 3.8) is 0 Å². The lowest BCUT2D eigenvalue weighted by atomic mass is 9.89. The summed E-state index contributed by atoms with van der Waals surface area (Å²) >= 11 is 12.0. The zero-order valence-electron chi connectivity index (χ0n) is 12.9. The molecule has 0 bridgehead atoms. The molecular formula is C16H15Cl2F3N4. The number of nitrogens with one attached hydrogen (secondary N) is 2. The fraction of sp³-hybridized carbons (Fsp3) is 0.375. The normalized spacial score (nSPS) is 20.7. The number of rotatable bonds is 4. The number of aromatic nitrogens is 2. The SMILES string of the molecule is FC(F)(F)c1cnc(NC[C@@H]2CNC[C@@H]2c2ccc(Cl)c(Cl)c2)nc1. The van der Waals surface area contributed by atoms with E-state index in [1.54, 1.807) is 6.07 Å². The van der Waals surface area contributed by atoms with Crippen LogP contribution in [-0.4, -0.2) is 29.6 Å². The third kappa shape index (κ3) is 4.34. The zero-order chi connectivity index (χ0) is 18.0. The molecule has 4 nitrogen and oxygen atoms in total. The Kier molecular flexibility index (Phi) is 5.36. The van der Waals surface area contributed by atoms with Gasteiger partial charge in [0.15, 0.2) is 0 Å². The molecule has 2 atom stereocenters. The molecule has 1 aromatic carbocycles. The number of hydrogen-bond acceptors (Lipinski definition) is 4. The number of nitrogens with zero attached hydrogens (tertiary/aromatic N) is 2. The number of benzene rings is 1. The van der Waals surface area contributed by atoms with Gasteiger partial charge < -0.3 is 10.6 Å². The molecule has 3 rings (SSSR count). The van der Waals surface area contributed by atoms with Crippen LogP contribution in [0.2, 0.25) is 10.0 Å². The topological polar surface area (TPSA) is 49.8 Å². The average molecular weight is 391 g/mol. The number of halogens is 5. The number of alkyl halides is 3. The van der Waals surface area contributed by atoms with Crippen LogP contribution in [0.15, 0.2) is 30.6 Å². The minimum Gasteiger partial charge on any atom is -0.354 e. The molecule has 2 aromatic rings. The van der Waals surface area contributed by atoms with Gasteiger partial charge in [0.05, 0.1) is 15.6 Å². The van der Waals surface area contributed by atoms with E-state index in [0.717, 1.165) is 31.0 Å². The Hall–Kier alpha value is -1.57. The van der Waals surface area contributed by atoms with Gasteiger partial charge in [-0.25, -0.2) is 9.97 Å². The minimum absolute atomic E-state index is 0.174. The Morgan fingerprint density at radius 2 is 1.84 bits per heavy atom. The predicted octanol–water partition coefficient (Wildman–Crippen LogP) is 4.22. The fourth-order valence-corrected chi connectivity index (χ4v) is 3.18. The van der Waals surface area contributed by atoms with Gasteiger partial charge in [-0.2, -0.15) is 13.2 Å². The summed E-state index contributed by atoms with van der Waals surface area (Å²) in [6.07, 6.45) is -2.88. The van der Waals surface area contributed by atoms with E-state index in [2.05, 4.69) is 20.6 Å². The van der Waals surface area contributed by atoms with Crippen LogP contribution < -0.4 is 10.6 Å². The van der Waals surface area contributed by atoms with Gasteiger partial charge in [-0.1, -0.05) is 29.3 Å². The Labute approximate surface area is 152 Å². The van der Waals surface area contributed by atoms with Crippen molar-refractivity contribution in [3.8, 4) is 0 Å². The molecule has 1 aliphatic rings. The summed E-state index contributed by atoms with van der Waals surface area (Å²) in [6.45, 7) is 2.10. The van der Waals surface area contributed by atoms with Crippen LogP contribution in [0.5, 0.6) is 0 Å². The van der Waals surface area contributed by atoms with Gasteiger partial charge in [-0.05, 0) is 23.6 Å². The molecule has 1 fully saturated rings. The highest BCUT2D eigenvalue weighted by Crippen LogP contribution is 2.32. The van der Waals surface area contributed by atoms with Gasteiger partial charge in [-0.3, -0.25) is 0 Å².